The summed E-state index contributed by atoms with van der Waals surface area (Å²) in [5, 5.41) is 11.2. The van der Waals surface area contributed by atoms with Crippen molar-refractivity contribution < 1.29 is 32.6 Å². The number of ether oxygens (including phenoxy) is 2. The van der Waals surface area contributed by atoms with Crippen LogP contribution in [0.4, 0.5) is 0 Å². The van der Waals surface area contributed by atoms with E-state index in [0.717, 1.165) is 16.8 Å². The zero-order valence-corrected chi connectivity index (χ0v) is 22.6. The second-order valence-electron chi connectivity index (χ2n) is 9.33. The van der Waals surface area contributed by atoms with Gasteiger partial charge < -0.3 is 19.1 Å². The first kappa shape index (κ1) is 26.5. The van der Waals surface area contributed by atoms with E-state index in [2.05, 4.69) is 0 Å². The molecule has 3 aromatic carbocycles. The summed E-state index contributed by atoms with van der Waals surface area (Å²) in [6, 6.07) is 19.1. The highest BCUT2D eigenvalue weighted by atomic mass is 32.2. The number of carbonyl (C=O) groups is 2. The number of sulfonamides is 1. The van der Waals surface area contributed by atoms with Crippen LogP contribution in [0, 0.1) is 13.8 Å². The molecule has 0 bridgehead atoms. The number of nitrogens with zero attached hydrogens (tertiary/aromatic N) is 2. The number of fused-ring (bicyclic) bond motifs is 2. The number of aromatic nitrogens is 1. The van der Waals surface area contributed by atoms with Crippen molar-refractivity contribution in [3.05, 3.63) is 89.1 Å². The number of hydrogen-bond acceptors (Lipinski definition) is 7. The third-order valence-corrected chi connectivity index (χ3v) is 8.49. The van der Waals surface area contributed by atoms with Gasteiger partial charge in [0, 0.05) is 16.8 Å². The van der Waals surface area contributed by atoms with Crippen molar-refractivity contribution >= 4 is 32.8 Å². The number of β-amino-alcohol motifs (C(OH)–C–C–N with tert-alkyl or cyclic N) is 1. The van der Waals surface area contributed by atoms with Gasteiger partial charge in [-0.25, -0.2) is 17.5 Å². The predicted octanol–water partition coefficient (Wildman–Crippen LogP) is 4.01. The number of benzene rings is 3. The van der Waals surface area contributed by atoms with Crippen LogP contribution >= 0.6 is 0 Å². The summed E-state index contributed by atoms with van der Waals surface area (Å²) >= 11 is 0. The van der Waals surface area contributed by atoms with E-state index in [9.17, 15) is 23.1 Å². The Morgan fingerprint density at radius 2 is 1.74 bits per heavy atom. The molecule has 1 atom stereocenters. The van der Waals surface area contributed by atoms with Gasteiger partial charge >= 0.3 is 5.97 Å². The van der Waals surface area contributed by atoms with Crippen molar-refractivity contribution in [1.82, 2.24) is 8.87 Å². The summed E-state index contributed by atoms with van der Waals surface area (Å²) in [5.41, 5.74) is 3.97. The Bertz CT molecular complexity index is 1690. The van der Waals surface area contributed by atoms with Gasteiger partial charge in [0.1, 0.15) is 23.4 Å². The van der Waals surface area contributed by atoms with Crippen molar-refractivity contribution in [3.8, 4) is 11.4 Å². The first-order chi connectivity index (χ1) is 18.6. The second-order valence-corrected chi connectivity index (χ2v) is 11.2. The maximum atomic E-state index is 12.9. The van der Waals surface area contributed by atoms with Gasteiger partial charge in [0.05, 0.1) is 29.8 Å². The summed E-state index contributed by atoms with van der Waals surface area (Å²) in [6.45, 7) is 5.09. The summed E-state index contributed by atoms with van der Waals surface area (Å²) in [6.07, 6.45) is -1.28. The number of aryl methyl sites for hydroxylation is 1. The Kier molecular flexibility index (Phi) is 6.92. The lowest BCUT2D eigenvalue weighted by Gasteiger charge is -2.19. The van der Waals surface area contributed by atoms with Crippen LogP contribution in [0.15, 0.2) is 71.6 Å². The van der Waals surface area contributed by atoms with E-state index in [-0.39, 0.29) is 23.7 Å². The van der Waals surface area contributed by atoms with E-state index in [1.807, 2.05) is 48.7 Å². The van der Waals surface area contributed by atoms with Gasteiger partial charge in [-0.3, -0.25) is 4.79 Å². The third kappa shape index (κ3) is 4.66. The van der Waals surface area contributed by atoms with Crippen LogP contribution in [0.1, 0.15) is 38.9 Å². The number of esters is 1. The standard InChI is InChI=1S/C29H28N2O7S/c1-4-37-29(34)27-19(3)31(20-11-9-18(2)10-12-20)25-14-13-22(15-24(25)27)38-17-21(32)16-30-28(33)23-7-5-6-8-26(23)39(30,35)36/h5-15,21,32H,4,16-17H2,1-3H3/t21-/m0/s1. The summed E-state index contributed by atoms with van der Waals surface area (Å²) < 4.78 is 39.3. The van der Waals surface area contributed by atoms with Gasteiger partial charge in [0.25, 0.3) is 15.9 Å². The predicted molar refractivity (Wildman–Crippen MR) is 145 cm³/mol. The third-order valence-electron chi connectivity index (χ3n) is 6.68. The van der Waals surface area contributed by atoms with Gasteiger partial charge in [0.2, 0.25) is 0 Å². The molecule has 1 aliphatic heterocycles. The molecule has 0 saturated heterocycles. The first-order valence-corrected chi connectivity index (χ1v) is 13.9. The van der Waals surface area contributed by atoms with E-state index in [1.54, 1.807) is 31.2 Å². The quantitative estimate of drug-likeness (QED) is 0.331. The lowest BCUT2D eigenvalue weighted by Crippen LogP contribution is -2.39. The fourth-order valence-corrected chi connectivity index (χ4v) is 6.43. The fourth-order valence-electron chi connectivity index (χ4n) is 4.82. The normalized spacial score (nSPS) is 14.9. The van der Waals surface area contributed by atoms with Crippen molar-refractivity contribution in [3.63, 3.8) is 0 Å². The number of aliphatic hydroxyl groups excluding tert-OH is 1. The van der Waals surface area contributed by atoms with Crippen molar-refractivity contribution in [1.29, 1.82) is 0 Å². The molecule has 5 rings (SSSR count). The second kappa shape index (κ2) is 10.2. The first-order valence-electron chi connectivity index (χ1n) is 12.5. The van der Waals surface area contributed by atoms with Crippen molar-refractivity contribution in [2.24, 2.45) is 0 Å². The van der Waals surface area contributed by atoms with Crippen LogP contribution in [0.3, 0.4) is 0 Å². The number of aliphatic hydroxyl groups is 1. The monoisotopic (exact) mass is 548 g/mol. The van der Waals surface area contributed by atoms with Crippen LogP contribution in [0.2, 0.25) is 0 Å². The average Bonchev–Trinajstić information content (AvgIpc) is 3.31. The molecule has 0 aliphatic carbocycles. The molecule has 4 aromatic rings. The Balaban J connectivity index is 1.40. The number of amides is 1. The van der Waals surface area contributed by atoms with Gasteiger partial charge in [-0.15, -0.1) is 0 Å². The van der Waals surface area contributed by atoms with Crippen molar-refractivity contribution in [2.45, 2.75) is 31.8 Å². The molecule has 0 saturated carbocycles. The Labute approximate surface area is 226 Å². The molecular formula is C29H28N2O7S. The van der Waals surface area contributed by atoms with Gasteiger partial charge in [-0.2, -0.15) is 0 Å². The fraction of sp³-hybridized carbons (Fsp3) is 0.241. The maximum Gasteiger partial charge on any atom is 0.340 e. The highest BCUT2D eigenvalue weighted by Crippen LogP contribution is 2.33. The molecule has 202 valence electrons. The van der Waals surface area contributed by atoms with Crippen LogP contribution in [-0.4, -0.2) is 60.1 Å². The van der Waals surface area contributed by atoms with Crippen LogP contribution in [0.25, 0.3) is 16.6 Å². The van der Waals surface area contributed by atoms with Gasteiger partial charge in [0.15, 0.2) is 0 Å². The largest absolute Gasteiger partial charge is 0.491 e. The number of rotatable bonds is 8. The number of carbonyl (C=O) groups excluding carboxylic acids is 2. The summed E-state index contributed by atoms with van der Waals surface area (Å²) in [4.78, 5) is 25.5. The maximum absolute atomic E-state index is 12.9. The minimum absolute atomic E-state index is 0.0754. The minimum atomic E-state index is -4.04. The number of hydrogen-bond donors (Lipinski definition) is 1. The molecule has 0 radical (unpaired) electrons. The Morgan fingerprint density at radius 1 is 1.03 bits per heavy atom. The molecule has 1 amide bonds. The summed E-state index contributed by atoms with van der Waals surface area (Å²) in [5.74, 6) is -0.773. The highest BCUT2D eigenvalue weighted by molar-refractivity contribution is 7.90. The zero-order valence-electron chi connectivity index (χ0n) is 21.7. The lowest BCUT2D eigenvalue weighted by atomic mass is 10.1. The van der Waals surface area contributed by atoms with Crippen molar-refractivity contribution in [2.75, 3.05) is 19.8 Å². The van der Waals surface area contributed by atoms with E-state index in [0.29, 0.717) is 26.7 Å². The Morgan fingerprint density at radius 3 is 2.44 bits per heavy atom. The topological polar surface area (TPSA) is 115 Å². The molecule has 0 spiro atoms. The van der Waals surface area contributed by atoms with Gasteiger partial charge in [-0.1, -0.05) is 29.8 Å². The molecule has 1 aliphatic rings. The molecule has 39 heavy (non-hydrogen) atoms. The molecule has 0 fully saturated rings. The molecular weight excluding hydrogens is 520 g/mol. The van der Waals surface area contributed by atoms with Gasteiger partial charge in [-0.05, 0) is 63.2 Å². The molecule has 9 nitrogen and oxygen atoms in total. The van der Waals surface area contributed by atoms with Crippen LogP contribution in [0.5, 0.6) is 5.75 Å². The van der Waals surface area contributed by atoms with Crippen LogP contribution < -0.4 is 4.74 Å². The summed E-state index contributed by atoms with van der Waals surface area (Å²) in [7, 11) is -4.04. The molecule has 10 heteroatoms. The highest BCUT2D eigenvalue weighted by Gasteiger charge is 2.41. The van der Waals surface area contributed by atoms with E-state index in [4.69, 9.17) is 9.47 Å². The van der Waals surface area contributed by atoms with E-state index < -0.39 is 34.5 Å². The smallest absolute Gasteiger partial charge is 0.340 e. The molecule has 1 aromatic heterocycles. The lowest BCUT2D eigenvalue weighted by molar-refractivity contribution is 0.0527. The van der Waals surface area contributed by atoms with E-state index >= 15 is 0 Å². The average molecular weight is 549 g/mol. The molecule has 1 N–H and O–H groups in total. The Hall–Kier alpha value is -4.15. The zero-order chi connectivity index (χ0) is 27.9. The molecule has 2 heterocycles. The van der Waals surface area contributed by atoms with E-state index in [1.165, 1.54) is 12.1 Å². The SMILES string of the molecule is CCOC(=O)c1c(C)n(-c2ccc(C)cc2)c2ccc(OC[C@@H](O)CN3C(=O)c4ccccc4S3(=O)=O)cc12. The van der Waals surface area contributed by atoms with Crippen LogP contribution in [-0.2, 0) is 14.8 Å². The molecule has 0 unspecified atom stereocenters. The minimum Gasteiger partial charge on any atom is -0.491 e.